The Morgan fingerprint density at radius 3 is 2.06 bits per heavy atom. The lowest BCUT2D eigenvalue weighted by Gasteiger charge is -2.27. The van der Waals surface area contributed by atoms with E-state index in [1.54, 1.807) is 30.4 Å². The number of nitrogens with two attached hydrogens (primary N) is 3. The molecule has 51 heavy (non-hydrogen) atoms. The van der Waals surface area contributed by atoms with Crippen molar-refractivity contribution < 1.29 is 33.9 Å². The Morgan fingerprint density at radius 1 is 0.902 bits per heavy atom. The first-order chi connectivity index (χ1) is 24.2. The highest BCUT2D eigenvalue weighted by atomic mass is 79.9. The number of nitrogens with one attached hydrogen (secondary N) is 4. The molecule has 0 aliphatic carbocycles. The SMILES string of the molecule is CC(C)C[C@H](CC(=O)[C@H](Cc1cccc(Br)c1)NC(=O)[C@@H]1CC=CC[C@H](N)C(=O)N[C@@H](CCCCN)C(=O)N[C@@H](CCCCN)C(=O)N1)C(=O)O. The molecule has 1 aromatic carbocycles. The minimum Gasteiger partial charge on any atom is -0.481 e. The normalized spacial score (nSPS) is 21.5. The lowest BCUT2D eigenvalue weighted by atomic mass is 9.89. The molecule has 15 heteroatoms. The van der Waals surface area contributed by atoms with Gasteiger partial charge in [-0.05, 0) is 101 Å². The summed E-state index contributed by atoms with van der Waals surface area (Å²) in [5.74, 6) is -4.84. The summed E-state index contributed by atoms with van der Waals surface area (Å²) < 4.78 is 0.764. The van der Waals surface area contributed by atoms with Crippen LogP contribution in [0.15, 0.2) is 40.9 Å². The fraction of sp³-hybridized carbons (Fsp3) is 0.611. The van der Waals surface area contributed by atoms with Gasteiger partial charge in [0.2, 0.25) is 23.6 Å². The first-order valence-electron chi connectivity index (χ1n) is 17.8. The third kappa shape index (κ3) is 16.1. The van der Waals surface area contributed by atoms with Crippen molar-refractivity contribution in [2.45, 2.75) is 115 Å². The summed E-state index contributed by atoms with van der Waals surface area (Å²) in [5.41, 5.74) is 18.2. The minimum atomic E-state index is -1.18. The third-order valence-electron chi connectivity index (χ3n) is 8.64. The number of carboxylic acids is 1. The summed E-state index contributed by atoms with van der Waals surface area (Å²) >= 11 is 3.43. The molecule has 1 aromatic rings. The van der Waals surface area contributed by atoms with Crippen LogP contribution < -0.4 is 38.5 Å². The van der Waals surface area contributed by atoms with E-state index in [4.69, 9.17) is 17.2 Å². The summed E-state index contributed by atoms with van der Waals surface area (Å²) in [5, 5.41) is 20.8. The maximum absolute atomic E-state index is 14.0. The van der Waals surface area contributed by atoms with Crippen molar-refractivity contribution in [3.8, 4) is 0 Å². The fourth-order valence-corrected chi connectivity index (χ4v) is 6.25. The second kappa shape index (κ2) is 23.0. The van der Waals surface area contributed by atoms with Gasteiger partial charge in [-0.15, -0.1) is 0 Å². The van der Waals surface area contributed by atoms with Crippen LogP contribution in [0.25, 0.3) is 0 Å². The van der Waals surface area contributed by atoms with Gasteiger partial charge in [0, 0.05) is 10.9 Å². The Balaban J connectivity index is 2.44. The molecule has 4 amide bonds. The summed E-state index contributed by atoms with van der Waals surface area (Å²) in [6, 6.07) is 1.94. The number of aliphatic carboxylic acids is 1. The summed E-state index contributed by atoms with van der Waals surface area (Å²) in [4.78, 5) is 79.9. The molecule has 2 rings (SSSR count). The summed E-state index contributed by atoms with van der Waals surface area (Å²) in [6.07, 6.45) is 6.20. The van der Waals surface area contributed by atoms with E-state index in [9.17, 15) is 33.9 Å². The average molecular weight is 779 g/mol. The van der Waals surface area contributed by atoms with Crippen molar-refractivity contribution in [3.63, 3.8) is 0 Å². The van der Waals surface area contributed by atoms with E-state index in [2.05, 4.69) is 37.2 Å². The van der Waals surface area contributed by atoms with Crippen LogP contribution in [0.2, 0.25) is 0 Å². The van der Waals surface area contributed by atoms with Crippen LogP contribution in [-0.4, -0.2) is 83.8 Å². The monoisotopic (exact) mass is 777 g/mol. The van der Waals surface area contributed by atoms with Crippen LogP contribution in [0.3, 0.4) is 0 Å². The van der Waals surface area contributed by atoms with Crippen molar-refractivity contribution in [2.24, 2.45) is 29.0 Å². The van der Waals surface area contributed by atoms with E-state index in [-0.39, 0.29) is 50.9 Å². The van der Waals surface area contributed by atoms with Crippen LogP contribution in [0.1, 0.15) is 83.6 Å². The lowest BCUT2D eigenvalue weighted by molar-refractivity contribution is -0.144. The van der Waals surface area contributed by atoms with Gasteiger partial charge in [0.1, 0.15) is 18.1 Å². The molecule has 0 unspecified atom stereocenters. The number of carbonyl (C=O) groups excluding carboxylic acids is 5. The molecular formula is C36H56BrN7O7. The van der Waals surface area contributed by atoms with Crippen LogP contribution in [0.5, 0.6) is 0 Å². The molecule has 14 nitrogen and oxygen atoms in total. The van der Waals surface area contributed by atoms with E-state index < -0.39 is 71.5 Å². The van der Waals surface area contributed by atoms with Gasteiger partial charge in [-0.2, -0.15) is 0 Å². The van der Waals surface area contributed by atoms with E-state index in [0.29, 0.717) is 38.8 Å². The molecule has 0 bridgehead atoms. The standard InChI is InChI=1S/C36H56BrN7O7/c1-22(2)18-24(36(50)51)21-31(45)30(20-23-10-9-11-25(37)19-23)44-35(49)28-13-4-3-12-26(40)32(46)41-27(14-5-7-16-38)33(47)43-29(34(48)42-28)15-6-8-17-39/h3-4,9-11,19,22,24,26-30H,5-8,12-18,20-21,38-40H2,1-2H3,(H,41,46)(H,42,48)(H,43,47)(H,44,49)(H,50,51)/t24-,26+,27+,28+,29+,30+/m1/s1. The van der Waals surface area contributed by atoms with Crippen molar-refractivity contribution in [1.82, 2.24) is 21.3 Å². The lowest BCUT2D eigenvalue weighted by Crippen LogP contribution is -2.58. The largest absolute Gasteiger partial charge is 0.481 e. The Bertz CT molecular complexity index is 1360. The van der Waals surface area contributed by atoms with Gasteiger partial charge in [0.15, 0.2) is 5.78 Å². The number of carboxylic acid groups (broad SMARTS) is 1. The molecule has 1 heterocycles. The molecule has 0 aromatic heterocycles. The van der Waals surface area contributed by atoms with Crippen molar-refractivity contribution in [3.05, 3.63) is 46.5 Å². The zero-order valence-electron chi connectivity index (χ0n) is 29.7. The van der Waals surface area contributed by atoms with Crippen LogP contribution in [0.4, 0.5) is 0 Å². The maximum Gasteiger partial charge on any atom is 0.306 e. The highest BCUT2D eigenvalue weighted by molar-refractivity contribution is 9.10. The third-order valence-corrected chi connectivity index (χ3v) is 9.14. The van der Waals surface area contributed by atoms with Crippen LogP contribution in [-0.2, 0) is 35.2 Å². The predicted molar refractivity (Wildman–Crippen MR) is 198 cm³/mol. The molecular weight excluding hydrogens is 722 g/mol. The number of unbranched alkanes of at least 4 members (excludes halogenated alkanes) is 2. The van der Waals surface area contributed by atoms with E-state index in [0.717, 1.165) is 10.0 Å². The second-order valence-corrected chi connectivity index (χ2v) is 14.4. The Hall–Kier alpha value is -3.66. The zero-order valence-corrected chi connectivity index (χ0v) is 31.3. The smallest absolute Gasteiger partial charge is 0.306 e. The Morgan fingerprint density at radius 2 is 1.49 bits per heavy atom. The quantitative estimate of drug-likeness (QED) is 0.0790. The molecule has 0 radical (unpaired) electrons. The van der Waals surface area contributed by atoms with Gasteiger partial charge in [-0.25, -0.2) is 0 Å². The number of rotatable bonds is 18. The molecule has 0 saturated heterocycles. The van der Waals surface area contributed by atoms with Gasteiger partial charge in [-0.1, -0.05) is 54.1 Å². The number of halogens is 1. The van der Waals surface area contributed by atoms with Crippen LogP contribution >= 0.6 is 15.9 Å². The Labute approximate surface area is 309 Å². The predicted octanol–water partition coefficient (Wildman–Crippen LogP) is 1.57. The molecule has 0 spiro atoms. The molecule has 11 N–H and O–H groups in total. The van der Waals surface area contributed by atoms with Gasteiger partial charge in [0.25, 0.3) is 0 Å². The molecule has 1 aliphatic rings. The highest BCUT2D eigenvalue weighted by Gasteiger charge is 2.33. The average Bonchev–Trinajstić information content (AvgIpc) is 3.07. The van der Waals surface area contributed by atoms with Gasteiger partial charge >= 0.3 is 5.97 Å². The van der Waals surface area contributed by atoms with Gasteiger partial charge in [0.05, 0.1) is 18.0 Å². The fourth-order valence-electron chi connectivity index (χ4n) is 5.80. The number of hydrogen-bond donors (Lipinski definition) is 8. The minimum absolute atomic E-state index is 0.0139. The first-order valence-corrected chi connectivity index (χ1v) is 18.6. The first kappa shape index (κ1) is 43.5. The second-order valence-electron chi connectivity index (χ2n) is 13.5. The topological polar surface area (TPSA) is 249 Å². The molecule has 284 valence electrons. The molecule has 1 aliphatic heterocycles. The summed E-state index contributed by atoms with van der Waals surface area (Å²) in [7, 11) is 0. The van der Waals surface area contributed by atoms with E-state index in [1.165, 1.54) is 0 Å². The van der Waals surface area contributed by atoms with Crippen LogP contribution in [0, 0.1) is 11.8 Å². The van der Waals surface area contributed by atoms with Gasteiger partial charge < -0.3 is 43.6 Å². The number of carbonyl (C=O) groups is 6. The number of Topliss-reactive ketones (excluding diaryl/α,β-unsaturated/α-hetero) is 1. The van der Waals surface area contributed by atoms with Gasteiger partial charge in [-0.3, -0.25) is 28.8 Å². The molecule has 0 fully saturated rings. The van der Waals surface area contributed by atoms with E-state index in [1.807, 2.05) is 19.9 Å². The van der Waals surface area contributed by atoms with Crippen molar-refractivity contribution in [1.29, 1.82) is 0 Å². The van der Waals surface area contributed by atoms with Crippen molar-refractivity contribution in [2.75, 3.05) is 13.1 Å². The summed E-state index contributed by atoms with van der Waals surface area (Å²) in [6.45, 7) is 4.53. The molecule has 0 saturated carbocycles. The highest BCUT2D eigenvalue weighted by Crippen LogP contribution is 2.20. The number of amides is 4. The zero-order chi connectivity index (χ0) is 37.9. The maximum atomic E-state index is 14.0. The van der Waals surface area contributed by atoms with Crippen molar-refractivity contribution >= 4 is 51.3 Å². The Kier molecular flexibility index (Phi) is 19.6. The molecule has 6 atom stereocenters. The van der Waals surface area contributed by atoms with E-state index >= 15 is 0 Å². The number of ketones is 1. The number of hydrogen-bond acceptors (Lipinski definition) is 9. The number of benzene rings is 1.